The average Bonchev–Trinajstić information content (AvgIpc) is 3.24. The van der Waals surface area contributed by atoms with Gasteiger partial charge in [0.1, 0.15) is 5.82 Å². The minimum atomic E-state index is -3.62. The van der Waals surface area contributed by atoms with Crippen molar-refractivity contribution in [3.8, 4) is 11.3 Å². The van der Waals surface area contributed by atoms with Gasteiger partial charge in [-0.15, -0.1) is 0 Å². The Balaban J connectivity index is 1.29. The molecule has 0 saturated heterocycles. The molecule has 0 spiro atoms. The van der Waals surface area contributed by atoms with Crippen LogP contribution in [0.1, 0.15) is 12.0 Å². The number of sulfonamides is 1. The van der Waals surface area contributed by atoms with E-state index in [1.165, 1.54) is 0 Å². The summed E-state index contributed by atoms with van der Waals surface area (Å²) in [6.45, 7) is 2.92. The largest absolute Gasteiger partial charge is 0.370 e. The van der Waals surface area contributed by atoms with Crippen molar-refractivity contribution in [1.82, 2.24) is 19.3 Å². The van der Waals surface area contributed by atoms with Crippen molar-refractivity contribution < 1.29 is 8.42 Å². The van der Waals surface area contributed by atoms with Gasteiger partial charge in [-0.1, -0.05) is 60.7 Å². The van der Waals surface area contributed by atoms with Crippen LogP contribution in [0.2, 0.25) is 0 Å². The predicted molar refractivity (Wildman–Crippen MR) is 143 cm³/mol. The standard InChI is InChI=1S/C26H24BrN5O2S/c1-18-8-2-4-11-20(18)23-16-25(32-26(31-23)22(27)17-29-32)28-14-7-15-30-35(33,34)24-13-6-10-19-9-3-5-12-21(19)24/h2-6,8-13,16-17,28,30H,7,14-15H2,1H3. The zero-order valence-corrected chi connectivity index (χ0v) is 21.5. The molecular formula is C26H24BrN5O2S. The van der Waals surface area contributed by atoms with Crippen molar-refractivity contribution in [2.24, 2.45) is 0 Å². The molecular weight excluding hydrogens is 526 g/mol. The van der Waals surface area contributed by atoms with Crippen LogP contribution in [0, 0.1) is 6.92 Å². The first-order chi connectivity index (χ1) is 16.9. The number of aromatic nitrogens is 3. The molecule has 0 bridgehead atoms. The molecule has 0 radical (unpaired) electrons. The molecule has 9 heteroatoms. The molecule has 2 heterocycles. The van der Waals surface area contributed by atoms with Gasteiger partial charge in [-0.05, 0) is 46.3 Å². The lowest BCUT2D eigenvalue weighted by Crippen LogP contribution is -2.26. The normalized spacial score (nSPS) is 11.8. The molecule has 0 aliphatic heterocycles. The summed E-state index contributed by atoms with van der Waals surface area (Å²) in [4.78, 5) is 5.08. The lowest BCUT2D eigenvalue weighted by molar-refractivity contribution is 0.581. The molecule has 0 atom stereocenters. The Morgan fingerprint density at radius 3 is 2.60 bits per heavy atom. The van der Waals surface area contributed by atoms with Crippen LogP contribution in [0.3, 0.4) is 0 Å². The van der Waals surface area contributed by atoms with E-state index in [9.17, 15) is 8.42 Å². The molecule has 0 aliphatic carbocycles. The lowest BCUT2D eigenvalue weighted by Gasteiger charge is -2.13. The molecule has 5 aromatic rings. The fraction of sp³-hybridized carbons (Fsp3) is 0.154. The Kier molecular flexibility index (Phi) is 6.55. The Morgan fingerprint density at radius 1 is 0.971 bits per heavy atom. The summed E-state index contributed by atoms with van der Waals surface area (Å²) in [5.41, 5.74) is 3.74. The van der Waals surface area contributed by atoms with E-state index in [-0.39, 0.29) is 0 Å². The molecule has 0 unspecified atom stereocenters. The molecule has 5 rings (SSSR count). The zero-order valence-electron chi connectivity index (χ0n) is 19.1. The van der Waals surface area contributed by atoms with Gasteiger partial charge in [-0.3, -0.25) is 0 Å². The summed E-state index contributed by atoms with van der Waals surface area (Å²) in [7, 11) is -3.62. The lowest BCUT2D eigenvalue weighted by atomic mass is 10.1. The van der Waals surface area contributed by atoms with Gasteiger partial charge in [0.25, 0.3) is 0 Å². The van der Waals surface area contributed by atoms with Gasteiger partial charge < -0.3 is 5.32 Å². The van der Waals surface area contributed by atoms with Gasteiger partial charge in [0.05, 0.1) is 21.3 Å². The number of hydrogen-bond donors (Lipinski definition) is 2. The van der Waals surface area contributed by atoms with E-state index < -0.39 is 10.0 Å². The summed E-state index contributed by atoms with van der Waals surface area (Å²) in [6, 6.07) is 22.9. The van der Waals surface area contributed by atoms with Crippen molar-refractivity contribution in [1.29, 1.82) is 0 Å². The molecule has 0 fully saturated rings. The van der Waals surface area contributed by atoms with E-state index >= 15 is 0 Å². The second-order valence-electron chi connectivity index (χ2n) is 8.22. The van der Waals surface area contributed by atoms with Crippen LogP contribution < -0.4 is 10.0 Å². The molecule has 0 aliphatic rings. The van der Waals surface area contributed by atoms with Crippen molar-refractivity contribution in [2.45, 2.75) is 18.2 Å². The Bertz CT molecular complexity index is 1630. The van der Waals surface area contributed by atoms with Crippen LogP contribution in [0.15, 0.2) is 88.4 Å². The highest BCUT2D eigenvalue weighted by molar-refractivity contribution is 9.10. The molecule has 2 N–H and O–H groups in total. The van der Waals surface area contributed by atoms with Crippen LogP contribution in [0.25, 0.3) is 27.7 Å². The third kappa shape index (κ3) is 4.80. The first-order valence-corrected chi connectivity index (χ1v) is 13.5. The maximum absolute atomic E-state index is 12.9. The minimum absolute atomic E-state index is 0.295. The number of fused-ring (bicyclic) bond motifs is 2. The number of anilines is 1. The Morgan fingerprint density at radius 2 is 1.74 bits per heavy atom. The first kappa shape index (κ1) is 23.5. The molecule has 2 aromatic heterocycles. The van der Waals surface area contributed by atoms with Gasteiger partial charge in [-0.25, -0.2) is 18.1 Å². The van der Waals surface area contributed by atoms with E-state index in [4.69, 9.17) is 4.98 Å². The van der Waals surface area contributed by atoms with Gasteiger partial charge in [0.2, 0.25) is 10.0 Å². The summed E-state index contributed by atoms with van der Waals surface area (Å²) in [5, 5.41) is 9.42. The number of hydrogen-bond acceptors (Lipinski definition) is 5. The molecule has 178 valence electrons. The number of nitrogens with zero attached hydrogens (tertiary/aromatic N) is 3. The summed E-state index contributed by atoms with van der Waals surface area (Å²) in [6.07, 6.45) is 2.31. The van der Waals surface area contributed by atoms with E-state index in [2.05, 4.69) is 44.1 Å². The predicted octanol–water partition coefficient (Wildman–Crippen LogP) is 5.40. The summed E-state index contributed by atoms with van der Waals surface area (Å²) < 4.78 is 31.1. The number of rotatable bonds is 8. The van der Waals surface area contributed by atoms with Crippen LogP contribution in [0.4, 0.5) is 5.82 Å². The number of benzene rings is 3. The average molecular weight is 550 g/mol. The highest BCUT2D eigenvalue weighted by Gasteiger charge is 2.17. The molecule has 35 heavy (non-hydrogen) atoms. The fourth-order valence-corrected chi connectivity index (χ4v) is 5.73. The molecule has 0 saturated carbocycles. The zero-order chi connectivity index (χ0) is 24.4. The Labute approximate surface area is 212 Å². The van der Waals surface area contributed by atoms with Gasteiger partial charge in [0.15, 0.2) is 5.65 Å². The fourth-order valence-electron chi connectivity index (χ4n) is 4.08. The van der Waals surface area contributed by atoms with Gasteiger partial charge in [-0.2, -0.15) is 9.61 Å². The van der Waals surface area contributed by atoms with Crippen LogP contribution in [0.5, 0.6) is 0 Å². The maximum atomic E-state index is 12.9. The molecule has 7 nitrogen and oxygen atoms in total. The topological polar surface area (TPSA) is 88.4 Å². The van der Waals surface area contributed by atoms with Crippen LogP contribution in [-0.2, 0) is 10.0 Å². The van der Waals surface area contributed by atoms with E-state index in [0.29, 0.717) is 35.4 Å². The first-order valence-electron chi connectivity index (χ1n) is 11.3. The smallest absolute Gasteiger partial charge is 0.241 e. The maximum Gasteiger partial charge on any atom is 0.241 e. The monoisotopic (exact) mass is 549 g/mol. The number of aryl methyl sites for hydroxylation is 1. The van der Waals surface area contributed by atoms with Crippen LogP contribution in [-0.4, -0.2) is 36.1 Å². The summed E-state index contributed by atoms with van der Waals surface area (Å²) >= 11 is 3.53. The van der Waals surface area contributed by atoms with Crippen molar-refractivity contribution >= 4 is 48.2 Å². The van der Waals surface area contributed by atoms with Gasteiger partial charge >= 0.3 is 0 Å². The molecule has 0 amide bonds. The number of halogens is 1. The van der Waals surface area contributed by atoms with E-state index in [0.717, 1.165) is 32.5 Å². The summed E-state index contributed by atoms with van der Waals surface area (Å²) in [5.74, 6) is 0.788. The quantitative estimate of drug-likeness (QED) is 0.253. The number of nitrogens with one attached hydrogen (secondary N) is 2. The second kappa shape index (κ2) is 9.77. The Hall–Kier alpha value is -3.27. The van der Waals surface area contributed by atoms with Crippen molar-refractivity contribution in [3.05, 3.63) is 89.0 Å². The minimum Gasteiger partial charge on any atom is -0.370 e. The van der Waals surface area contributed by atoms with Crippen LogP contribution >= 0.6 is 15.9 Å². The highest BCUT2D eigenvalue weighted by Crippen LogP contribution is 2.28. The highest BCUT2D eigenvalue weighted by atomic mass is 79.9. The van der Waals surface area contributed by atoms with E-state index in [1.54, 1.807) is 22.8 Å². The van der Waals surface area contributed by atoms with Gasteiger partial charge in [0, 0.05) is 30.1 Å². The van der Waals surface area contributed by atoms with E-state index in [1.807, 2.05) is 54.6 Å². The SMILES string of the molecule is Cc1ccccc1-c1cc(NCCCNS(=O)(=O)c2cccc3ccccc23)n2ncc(Br)c2n1. The molecule has 3 aromatic carbocycles. The van der Waals surface area contributed by atoms with Crippen molar-refractivity contribution in [2.75, 3.05) is 18.4 Å². The van der Waals surface area contributed by atoms with Crippen molar-refractivity contribution in [3.63, 3.8) is 0 Å². The third-order valence-electron chi connectivity index (χ3n) is 5.84. The third-order valence-corrected chi connectivity index (χ3v) is 7.92. The second-order valence-corrected chi connectivity index (χ2v) is 10.8.